The lowest BCUT2D eigenvalue weighted by atomic mass is 9.95. The maximum absolute atomic E-state index is 13.2. The van der Waals surface area contributed by atoms with Gasteiger partial charge in [-0.3, -0.25) is 24.6 Å². The van der Waals surface area contributed by atoms with Crippen LogP contribution in [0.1, 0.15) is 41.6 Å². The van der Waals surface area contributed by atoms with Crippen molar-refractivity contribution in [2.45, 2.75) is 44.3 Å². The van der Waals surface area contributed by atoms with Gasteiger partial charge in [0.25, 0.3) is 5.91 Å². The zero-order chi connectivity index (χ0) is 26.5. The van der Waals surface area contributed by atoms with Gasteiger partial charge in [-0.25, -0.2) is 0 Å². The highest BCUT2D eigenvalue weighted by molar-refractivity contribution is 6.05. The van der Waals surface area contributed by atoms with Crippen molar-refractivity contribution in [3.8, 4) is 5.75 Å². The number of imide groups is 1. The molecule has 0 spiro atoms. The average molecular weight is 530 g/mol. The molecule has 2 aromatic rings. The van der Waals surface area contributed by atoms with E-state index in [4.69, 9.17) is 4.74 Å². The fourth-order valence-corrected chi connectivity index (χ4v) is 7.03. The number of carbonyl (C=O) groups excluding carboxylic acids is 3. The van der Waals surface area contributed by atoms with Crippen LogP contribution in [0.3, 0.4) is 0 Å². The first-order valence-corrected chi connectivity index (χ1v) is 14.3. The largest absolute Gasteiger partial charge is 0.489 e. The van der Waals surface area contributed by atoms with Crippen LogP contribution in [0.25, 0.3) is 0 Å². The third-order valence-electron chi connectivity index (χ3n) is 9.16. The molecule has 3 amide bonds. The van der Waals surface area contributed by atoms with Crippen molar-refractivity contribution in [2.24, 2.45) is 5.92 Å². The Labute approximate surface area is 228 Å². The number of ether oxygens (including phenoxy) is 1. The monoisotopic (exact) mass is 529 g/mol. The van der Waals surface area contributed by atoms with Gasteiger partial charge < -0.3 is 19.4 Å². The first kappa shape index (κ1) is 24.5. The summed E-state index contributed by atoms with van der Waals surface area (Å²) in [5, 5.41) is 2.38. The standard InChI is InChI=1S/C30H35N5O4/c36-28-7-6-25(29(37)31-28)35-17-21-14-26-27(15-24(21)30(35)38)39-19-23-18-32(12-13-34(23)26)16-20-8-10-33(11-9-20)22-4-2-1-3-5-22/h1-5,14-15,20,23,25H,6-13,16-19H2,(H,31,36,37)/t23-,25?/m0/s1. The fourth-order valence-electron chi connectivity index (χ4n) is 7.03. The normalized spacial score (nSPS) is 25.6. The van der Waals surface area contributed by atoms with Gasteiger partial charge in [0.05, 0.1) is 11.7 Å². The van der Waals surface area contributed by atoms with Crippen molar-refractivity contribution in [3.05, 3.63) is 53.6 Å². The molecule has 1 N–H and O–H groups in total. The number of rotatable bonds is 4. The lowest BCUT2D eigenvalue weighted by Gasteiger charge is -2.47. The van der Waals surface area contributed by atoms with Gasteiger partial charge in [0.1, 0.15) is 18.4 Å². The number of piperidine rings is 2. The van der Waals surface area contributed by atoms with Crippen LogP contribution in [-0.2, 0) is 16.1 Å². The smallest absolute Gasteiger partial charge is 0.255 e. The van der Waals surface area contributed by atoms with Crippen LogP contribution in [0, 0.1) is 5.92 Å². The van der Waals surface area contributed by atoms with Crippen molar-refractivity contribution in [3.63, 3.8) is 0 Å². The van der Waals surface area contributed by atoms with E-state index in [-0.39, 0.29) is 30.2 Å². The van der Waals surface area contributed by atoms with Gasteiger partial charge in [-0.15, -0.1) is 0 Å². The van der Waals surface area contributed by atoms with Crippen molar-refractivity contribution in [2.75, 3.05) is 55.7 Å². The Balaban J connectivity index is 0.986. The molecule has 0 aromatic heterocycles. The molecule has 3 fully saturated rings. The molecular weight excluding hydrogens is 494 g/mol. The number of piperazine rings is 1. The third kappa shape index (κ3) is 4.52. The second-order valence-electron chi connectivity index (χ2n) is 11.6. The molecule has 0 aliphatic carbocycles. The Bertz CT molecular complexity index is 1290. The van der Waals surface area contributed by atoms with Gasteiger partial charge in [-0.2, -0.15) is 0 Å². The highest BCUT2D eigenvalue weighted by Gasteiger charge is 2.41. The molecule has 0 saturated carbocycles. The Kier molecular flexibility index (Phi) is 6.18. The van der Waals surface area contributed by atoms with E-state index in [1.54, 1.807) is 4.90 Å². The molecule has 2 atom stereocenters. The minimum atomic E-state index is -0.601. The molecule has 39 heavy (non-hydrogen) atoms. The summed E-state index contributed by atoms with van der Waals surface area (Å²) in [6.45, 7) is 7.32. The molecule has 0 bridgehead atoms. The first-order chi connectivity index (χ1) is 19.0. The summed E-state index contributed by atoms with van der Waals surface area (Å²) in [5.41, 5.74) is 3.92. The van der Waals surface area contributed by atoms with Crippen molar-refractivity contribution >= 4 is 29.1 Å². The van der Waals surface area contributed by atoms with Crippen molar-refractivity contribution in [1.82, 2.24) is 15.1 Å². The number of benzene rings is 2. The Morgan fingerprint density at radius 3 is 2.54 bits per heavy atom. The summed E-state index contributed by atoms with van der Waals surface area (Å²) in [7, 11) is 0. The van der Waals surface area contributed by atoms with Crippen LogP contribution in [-0.4, -0.2) is 85.5 Å². The lowest BCUT2D eigenvalue weighted by molar-refractivity contribution is -0.136. The molecule has 9 heteroatoms. The van der Waals surface area contributed by atoms with Crippen LogP contribution < -0.4 is 19.9 Å². The minimum absolute atomic E-state index is 0.156. The summed E-state index contributed by atoms with van der Waals surface area (Å²) in [5.74, 6) is 0.671. The molecule has 5 aliphatic heterocycles. The molecule has 5 aliphatic rings. The second kappa shape index (κ2) is 9.86. The molecular formula is C30H35N5O4. The van der Waals surface area contributed by atoms with Crippen molar-refractivity contribution < 1.29 is 19.1 Å². The van der Waals surface area contributed by atoms with Crippen LogP contribution in [0.4, 0.5) is 11.4 Å². The third-order valence-corrected chi connectivity index (χ3v) is 9.16. The van der Waals surface area contributed by atoms with E-state index >= 15 is 0 Å². The van der Waals surface area contributed by atoms with Gasteiger partial charge in [-0.1, -0.05) is 18.2 Å². The maximum Gasteiger partial charge on any atom is 0.255 e. The molecule has 9 nitrogen and oxygen atoms in total. The number of hydrogen-bond donors (Lipinski definition) is 1. The summed E-state index contributed by atoms with van der Waals surface area (Å²) in [6, 6.07) is 14.4. The summed E-state index contributed by atoms with van der Waals surface area (Å²) in [4.78, 5) is 46.4. The van der Waals surface area contributed by atoms with Crippen LogP contribution in [0.2, 0.25) is 0 Å². The number of para-hydroxylation sites is 1. The Morgan fingerprint density at radius 1 is 0.923 bits per heavy atom. The number of carbonyl (C=O) groups is 3. The number of anilines is 2. The molecule has 5 heterocycles. The predicted octanol–water partition coefficient (Wildman–Crippen LogP) is 2.25. The molecule has 1 unspecified atom stereocenters. The highest BCUT2D eigenvalue weighted by Crippen LogP contribution is 2.41. The summed E-state index contributed by atoms with van der Waals surface area (Å²) in [6.07, 6.45) is 3.08. The van der Waals surface area contributed by atoms with Crippen LogP contribution in [0.5, 0.6) is 5.75 Å². The van der Waals surface area contributed by atoms with E-state index in [9.17, 15) is 14.4 Å². The second-order valence-corrected chi connectivity index (χ2v) is 11.6. The van der Waals surface area contributed by atoms with Gasteiger partial charge in [0, 0.05) is 63.5 Å². The summed E-state index contributed by atoms with van der Waals surface area (Å²) >= 11 is 0. The lowest BCUT2D eigenvalue weighted by Crippen LogP contribution is -2.58. The Morgan fingerprint density at radius 2 is 1.74 bits per heavy atom. The predicted molar refractivity (Wildman–Crippen MR) is 147 cm³/mol. The van der Waals surface area contributed by atoms with Gasteiger partial charge in [0.15, 0.2) is 0 Å². The fraction of sp³-hybridized carbons (Fsp3) is 0.500. The number of nitrogens with one attached hydrogen (secondary N) is 1. The topological polar surface area (TPSA) is 85.4 Å². The van der Waals surface area contributed by atoms with E-state index in [0.29, 0.717) is 25.1 Å². The van der Waals surface area contributed by atoms with Crippen molar-refractivity contribution in [1.29, 1.82) is 0 Å². The minimum Gasteiger partial charge on any atom is -0.489 e. The van der Waals surface area contributed by atoms with E-state index in [1.165, 1.54) is 18.5 Å². The Hall–Kier alpha value is -3.59. The van der Waals surface area contributed by atoms with E-state index in [2.05, 4.69) is 56.4 Å². The average Bonchev–Trinajstić information content (AvgIpc) is 3.27. The molecule has 2 aromatic carbocycles. The molecule has 7 rings (SSSR count). The summed E-state index contributed by atoms with van der Waals surface area (Å²) < 4.78 is 6.21. The van der Waals surface area contributed by atoms with E-state index in [0.717, 1.165) is 62.2 Å². The zero-order valence-electron chi connectivity index (χ0n) is 22.2. The molecule has 204 valence electrons. The number of fused-ring (bicyclic) bond motifs is 4. The van der Waals surface area contributed by atoms with Gasteiger partial charge in [0.2, 0.25) is 11.8 Å². The molecule has 0 radical (unpaired) electrons. The molecule has 3 saturated heterocycles. The number of nitrogens with zero attached hydrogens (tertiary/aromatic N) is 4. The van der Waals surface area contributed by atoms with Gasteiger partial charge >= 0.3 is 0 Å². The van der Waals surface area contributed by atoms with E-state index in [1.807, 2.05) is 6.07 Å². The highest BCUT2D eigenvalue weighted by atomic mass is 16.5. The maximum atomic E-state index is 13.2. The van der Waals surface area contributed by atoms with Crippen LogP contribution in [0.15, 0.2) is 42.5 Å². The number of hydrogen-bond acceptors (Lipinski definition) is 7. The zero-order valence-corrected chi connectivity index (χ0v) is 22.2. The quantitative estimate of drug-likeness (QED) is 0.608. The SMILES string of the molecule is O=C1CCC(N2Cc3cc4c(cc3C2=O)OC[C@@H]2CN(CC3CCN(c5ccccc5)CC3)CCN42)C(=O)N1. The van der Waals surface area contributed by atoms with E-state index < -0.39 is 6.04 Å². The van der Waals surface area contributed by atoms with Gasteiger partial charge in [-0.05, 0) is 55.0 Å². The first-order valence-electron chi connectivity index (χ1n) is 14.3. The number of amides is 3. The van der Waals surface area contributed by atoms with Crippen LogP contribution >= 0.6 is 0 Å².